The number of methoxy groups -OCH3 is 1. The molecule has 0 aliphatic carbocycles. The lowest BCUT2D eigenvalue weighted by Crippen LogP contribution is -2.49. The Morgan fingerprint density at radius 3 is 2.80 bits per heavy atom. The van der Waals surface area contributed by atoms with Crippen molar-refractivity contribution in [3.05, 3.63) is 36.0 Å². The molecule has 1 fully saturated rings. The van der Waals surface area contributed by atoms with Gasteiger partial charge in [0.1, 0.15) is 0 Å². The Labute approximate surface area is 148 Å². The third-order valence-electron chi connectivity index (χ3n) is 4.58. The zero-order valence-electron chi connectivity index (χ0n) is 15.0. The van der Waals surface area contributed by atoms with Crippen molar-refractivity contribution in [3.8, 4) is 0 Å². The molecule has 0 radical (unpaired) electrons. The van der Waals surface area contributed by atoms with Crippen LogP contribution in [0.1, 0.15) is 5.56 Å². The van der Waals surface area contributed by atoms with Crippen LogP contribution in [0.2, 0.25) is 0 Å². The van der Waals surface area contributed by atoms with Crippen LogP contribution < -0.4 is 10.2 Å². The van der Waals surface area contributed by atoms with E-state index in [1.165, 1.54) is 16.6 Å². The van der Waals surface area contributed by atoms with Crippen LogP contribution in [0.15, 0.2) is 30.5 Å². The van der Waals surface area contributed by atoms with Crippen LogP contribution in [0, 0.1) is 6.92 Å². The highest BCUT2D eigenvalue weighted by molar-refractivity contribution is 5.92. The van der Waals surface area contributed by atoms with Crippen LogP contribution in [-0.4, -0.2) is 68.8 Å². The van der Waals surface area contributed by atoms with Gasteiger partial charge >= 0.3 is 0 Å². The molecule has 1 aromatic heterocycles. The largest absolute Gasteiger partial charge is 0.383 e. The van der Waals surface area contributed by atoms with E-state index < -0.39 is 0 Å². The highest BCUT2D eigenvalue weighted by Crippen LogP contribution is 2.27. The Morgan fingerprint density at radius 2 is 2.04 bits per heavy atom. The predicted octanol–water partition coefficient (Wildman–Crippen LogP) is 1.43. The number of aryl methyl sites for hydroxylation is 1. The second-order valence-corrected chi connectivity index (χ2v) is 6.46. The summed E-state index contributed by atoms with van der Waals surface area (Å²) in [6, 6.07) is 8.47. The number of aromatic nitrogens is 1. The predicted molar refractivity (Wildman–Crippen MR) is 100 cm³/mol. The van der Waals surface area contributed by atoms with Gasteiger partial charge < -0.3 is 15.0 Å². The first-order chi connectivity index (χ1) is 12.2. The quantitative estimate of drug-likeness (QED) is 0.805. The number of benzene rings is 1. The Balaban J connectivity index is 1.59. The maximum absolute atomic E-state index is 11.9. The molecule has 0 bridgehead atoms. The van der Waals surface area contributed by atoms with Crippen molar-refractivity contribution in [2.24, 2.45) is 0 Å². The summed E-state index contributed by atoms with van der Waals surface area (Å²) in [5.74, 6) is 0.0653. The van der Waals surface area contributed by atoms with Crippen molar-refractivity contribution in [2.45, 2.75) is 6.92 Å². The number of amides is 1. The fourth-order valence-electron chi connectivity index (χ4n) is 3.22. The average molecular weight is 342 g/mol. The molecule has 0 unspecified atom stereocenters. The molecule has 1 aliphatic rings. The number of piperazine rings is 1. The van der Waals surface area contributed by atoms with E-state index >= 15 is 0 Å². The number of ether oxygens (including phenoxy) is 1. The summed E-state index contributed by atoms with van der Waals surface area (Å²) in [5.41, 5.74) is 3.51. The van der Waals surface area contributed by atoms with E-state index in [1.807, 2.05) is 6.20 Å². The molecule has 0 spiro atoms. The van der Waals surface area contributed by atoms with Gasteiger partial charge in [-0.3, -0.25) is 14.7 Å². The molecule has 1 aliphatic heterocycles. The van der Waals surface area contributed by atoms with Crippen molar-refractivity contribution in [2.75, 3.05) is 57.9 Å². The Morgan fingerprint density at radius 1 is 1.24 bits per heavy atom. The maximum atomic E-state index is 11.9. The molecule has 134 valence electrons. The van der Waals surface area contributed by atoms with Gasteiger partial charge in [0.25, 0.3) is 0 Å². The lowest BCUT2D eigenvalue weighted by atomic mass is 10.1. The van der Waals surface area contributed by atoms with Crippen LogP contribution in [0.3, 0.4) is 0 Å². The molecular weight excluding hydrogens is 316 g/mol. The molecule has 25 heavy (non-hydrogen) atoms. The number of hydrogen-bond acceptors (Lipinski definition) is 5. The van der Waals surface area contributed by atoms with Crippen molar-refractivity contribution in [3.63, 3.8) is 0 Å². The number of rotatable bonds is 6. The molecule has 0 atom stereocenters. The molecular formula is C19H26N4O2. The van der Waals surface area contributed by atoms with E-state index in [4.69, 9.17) is 4.74 Å². The van der Waals surface area contributed by atoms with E-state index in [-0.39, 0.29) is 5.91 Å². The van der Waals surface area contributed by atoms with Gasteiger partial charge in [0, 0.05) is 57.1 Å². The first kappa shape index (κ1) is 17.6. The van der Waals surface area contributed by atoms with E-state index in [9.17, 15) is 4.79 Å². The second kappa shape index (κ2) is 8.27. The van der Waals surface area contributed by atoms with Crippen molar-refractivity contribution in [1.29, 1.82) is 0 Å². The summed E-state index contributed by atoms with van der Waals surface area (Å²) in [6.07, 6.45) is 1.88. The molecule has 3 rings (SSSR count). The highest BCUT2D eigenvalue weighted by atomic mass is 16.5. The first-order valence-electron chi connectivity index (χ1n) is 8.75. The average Bonchev–Trinajstić information content (AvgIpc) is 2.62. The Bertz CT molecular complexity index is 726. The topological polar surface area (TPSA) is 57.7 Å². The highest BCUT2D eigenvalue weighted by Gasteiger charge is 2.20. The van der Waals surface area contributed by atoms with E-state index in [0.29, 0.717) is 19.7 Å². The molecule has 0 saturated carbocycles. The van der Waals surface area contributed by atoms with E-state index in [1.54, 1.807) is 7.11 Å². The summed E-state index contributed by atoms with van der Waals surface area (Å²) >= 11 is 0. The molecule has 1 aromatic carbocycles. The second-order valence-electron chi connectivity index (χ2n) is 6.46. The monoisotopic (exact) mass is 342 g/mol. The van der Waals surface area contributed by atoms with Gasteiger partial charge in [-0.2, -0.15) is 0 Å². The third kappa shape index (κ3) is 4.46. The molecule has 6 nitrogen and oxygen atoms in total. The summed E-state index contributed by atoms with van der Waals surface area (Å²) < 4.78 is 4.95. The number of nitrogens with one attached hydrogen (secondary N) is 1. The third-order valence-corrected chi connectivity index (χ3v) is 4.58. The number of fused-ring (bicyclic) bond motifs is 1. The number of hydrogen-bond donors (Lipinski definition) is 1. The van der Waals surface area contributed by atoms with Crippen LogP contribution in [0.25, 0.3) is 10.9 Å². The molecule has 2 heterocycles. The Kier molecular flexibility index (Phi) is 5.83. The minimum atomic E-state index is 0.0653. The van der Waals surface area contributed by atoms with Gasteiger partial charge in [0.15, 0.2) is 0 Å². The summed E-state index contributed by atoms with van der Waals surface area (Å²) in [6.45, 7) is 7.27. The lowest BCUT2D eigenvalue weighted by Gasteiger charge is -2.36. The minimum absolute atomic E-state index is 0.0653. The van der Waals surface area contributed by atoms with Crippen molar-refractivity contribution >= 4 is 22.5 Å². The Hall–Kier alpha value is -2.18. The van der Waals surface area contributed by atoms with Gasteiger partial charge in [-0.05, 0) is 25.1 Å². The fraction of sp³-hybridized carbons (Fsp3) is 0.474. The summed E-state index contributed by atoms with van der Waals surface area (Å²) in [5, 5.41) is 4.08. The smallest absolute Gasteiger partial charge is 0.234 e. The fourth-order valence-corrected chi connectivity index (χ4v) is 3.22. The SMILES string of the molecule is COCCNC(=O)CN1CCN(c2ccnc3ccc(C)cc23)CC1. The maximum Gasteiger partial charge on any atom is 0.234 e. The first-order valence-corrected chi connectivity index (χ1v) is 8.75. The van der Waals surface area contributed by atoms with Crippen molar-refractivity contribution in [1.82, 2.24) is 15.2 Å². The van der Waals surface area contributed by atoms with Gasteiger partial charge in [-0.25, -0.2) is 0 Å². The summed E-state index contributed by atoms with van der Waals surface area (Å²) in [4.78, 5) is 21.0. The molecule has 6 heteroatoms. The standard InChI is InChI=1S/C19H26N4O2/c1-15-3-4-17-16(13-15)18(5-6-20-17)23-10-8-22(9-11-23)14-19(24)21-7-12-25-2/h3-6,13H,7-12,14H2,1-2H3,(H,21,24). The molecule has 1 amide bonds. The van der Waals surface area contributed by atoms with Crippen LogP contribution >= 0.6 is 0 Å². The number of carbonyl (C=O) groups is 1. The lowest BCUT2D eigenvalue weighted by molar-refractivity contribution is -0.122. The zero-order chi connectivity index (χ0) is 17.6. The van der Waals surface area contributed by atoms with E-state index in [2.05, 4.69) is 51.3 Å². The van der Waals surface area contributed by atoms with Crippen LogP contribution in [-0.2, 0) is 9.53 Å². The minimum Gasteiger partial charge on any atom is -0.383 e. The van der Waals surface area contributed by atoms with Gasteiger partial charge in [0.2, 0.25) is 5.91 Å². The van der Waals surface area contributed by atoms with Crippen molar-refractivity contribution < 1.29 is 9.53 Å². The van der Waals surface area contributed by atoms with Gasteiger partial charge in [-0.15, -0.1) is 0 Å². The molecule has 2 aromatic rings. The summed E-state index contributed by atoms with van der Waals surface area (Å²) in [7, 11) is 1.63. The number of nitrogens with zero attached hydrogens (tertiary/aromatic N) is 3. The molecule has 1 N–H and O–H groups in total. The van der Waals surface area contributed by atoms with Crippen LogP contribution in [0.5, 0.6) is 0 Å². The molecule has 1 saturated heterocycles. The van der Waals surface area contributed by atoms with E-state index in [0.717, 1.165) is 31.7 Å². The number of pyridine rings is 1. The zero-order valence-corrected chi connectivity index (χ0v) is 15.0. The number of carbonyl (C=O) groups excluding carboxylic acids is 1. The normalized spacial score (nSPS) is 15.5. The van der Waals surface area contributed by atoms with Crippen LogP contribution in [0.4, 0.5) is 5.69 Å². The number of anilines is 1. The van der Waals surface area contributed by atoms with Gasteiger partial charge in [-0.1, -0.05) is 11.6 Å². The van der Waals surface area contributed by atoms with Gasteiger partial charge in [0.05, 0.1) is 18.7 Å².